The quantitative estimate of drug-likeness (QED) is 0.409. The maximum atomic E-state index is 12.5. The number of nitrogens with zero attached hydrogens (tertiary/aromatic N) is 1. The third-order valence-corrected chi connectivity index (χ3v) is 5.54. The van der Waals surface area contributed by atoms with Crippen LogP contribution in [0.5, 0.6) is 0 Å². The van der Waals surface area contributed by atoms with Gasteiger partial charge in [-0.1, -0.05) is 0 Å². The third-order valence-electron chi connectivity index (χ3n) is 4.43. The van der Waals surface area contributed by atoms with Crippen molar-refractivity contribution in [2.24, 2.45) is 5.92 Å². The average molecular weight is 399 g/mol. The van der Waals surface area contributed by atoms with Crippen molar-refractivity contribution >= 4 is 40.6 Å². The van der Waals surface area contributed by atoms with Gasteiger partial charge in [-0.3, -0.25) is 19.7 Å². The van der Waals surface area contributed by atoms with Crippen LogP contribution in [0.4, 0.5) is 17.1 Å². The monoisotopic (exact) mass is 399 g/mol. The van der Waals surface area contributed by atoms with Gasteiger partial charge in [0.25, 0.3) is 5.69 Å². The molecule has 0 bridgehead atoms. The summed E-state index contributed by atoms with van der Waals surface area (Å²) in [6.07, 6.45) is 1.92. The lowest BCUT2D eigenvalue weighted by Gasteiger charge is -2.14. The van der Waals surface area contributed by atoms with Crippen molar-refractivity contribution in [1.82, 2.24) is 0 Å². The number of anilines is 2. The highest BCUT2D eigenvalue weighted by molar-refractivity contribution is 8.00. The zero-order valence-corrected chi connectivity index (χ0v) is 16.4. The predicted molar refractivity (Wildman–Crippen MR) is 110 cm³/mol. The highest BCUT2D eigenvalue weighted by Crippen LogP contribution is 2.31. The van der Waals surface area contributed by atoms with E-state index in [1.807, 2.05) is 24.3 Å². The van der Waals surface area contributed by atoms with Crippen LogP contribution in [0, 0.1) is 23.0 Å². The normalized spacial score (nSPS) is 14.2. The van der Waals surface area contributed by atoms with Gasteiger partial charge in [0.15, 0.2) is 0 Å². The molecule has 2 N–H and O–H groups in total. The Morgan fingerprint density at radius 2 is 1.82 bits per heavy atom. The summed E-state index contributed by atoms with van der Waals surface area (Å²) in [5.41, 5.74) is 1.93. The van der Waals surface area contributed by atoms with Gasteiger partial charge in [-0.25, -0.2) is 0 Å². The molecule has 28 heavy (non-hydrogen) atoms. The van der Waals surface area contributed by atoms with Crippen LogP contribution < -0.4 is 10.6 Å². The largest absolute Gasteiger partial charge is 0.326 e. The molecule has 0 saturated heterocycles. The molecular formula is C20H21N3O4S. The smallest absolute Gasteiger partial charge is 0.269 e. The van der Waals surface area contributed by atoms with Crippen molar-refractivity contribution in [3.8, 4) is 0 Å². The van der Waals surface area contributed by atoms with Gasteiger partial charge in [-0.15, -0.1) is 11.8 Å². The molecule has 1 saturated carbocycles. The molecule has 1 atom stereocenters. The Kier molecular flexibility index (Phi) is 5.99. The molecule has 0 spiro atoms. The minimum absolute atomic E-state index is 0.00760. The lowest BCUT2D eigenvalue weighted by Crippen LogP contribution is -2.22. The summed E-state index contributed by atoms with van der Waals surface area (Å²) in [6, 6.07) is 11.7. The minimum atomic E-state index is -0.464. The second-order valence-corrected chi connectivity index (χ2v) is 8.21. The first kappa shape index (κ1) is 19.9. The lowest BCUT2D eigenvalue weighted by atomic mass is 10.2. The Hall–Kier alpha value is -2.87. The summed E-state index contributed by atoms with van der Waals surface area (Å²) < 4.78 is 0. The third kappa shape index (κ3) is 5.10. The average Bonchev–Trinajstić information content (AvgIpc) is 3.50. The molecule has 1 aliphatic rings. The van der Waals surface area contributed by atoms with E-state index in [-0.39, 0.29) is 28.7 Å². The number of rotatable bonds is 7. The zero-order valence-electron chi connectivity index (χ0n) is 15.6. The van der Waals surface area contributed by atoms with Gasteiger partial charge < -0.3 is 10.6 Å². The highest BCUT2D eigenvalue weighted by atomic mass is 32.2. The number of nitrogens with one attached hydrogen (secondary N) is 2. The molecule has 2 aromatic carbocycles. The van der Waals surface area contributed by atoms with E-state index in [4.69, 9.17) is 0 Å². The second-order valence-electron chi connectivity index (χ2n) is 6.79. The molecule has 0 aromatic heterocycles. The molecule has 1 unspecified atom stereocenters. The Morgan fingerprint density at radius 1 is 1.14 bits per heavy atom. The second kappa shape index (κ2) is 8.43. The molecule has 0 aliphatic heterocycles. The summed E-state index contributed by atoms with van der Waals surface area (Å²) >= 11 is 1.40. The van der Waals surface area contributed by atoms with E-state index in [2.05, 4.69) is 10.6 Å². The summed E-state index contributed by atoms with van der Waals surface area (Å²) in [4.78, 5) is 35.5. The molecule has 3 rings (SSSR count). The van der Waals surface area contributed by atoms with Gasteiger partial charge in [0.2, 0.25) is 11.8 Å². The zero-order chi connectivity index (χ0) is 20.3. The van der Waals surface area contributed by atoms with Crippen molar-refractivity contribution in [3.63, 3.8) is 0 Å². The fraction of sp³-hybridized carbons (Fsp3) is 0.300. The fourth-order valence-corrected chi connectivity index (χ4v) is 3.47. The number of thioether (sulfide) groups is 1. The number of carbonyl (C=O) groups excluding carboxylic acids is 2. The van der Waals surface area contributed by atoms with Gasteiger partial charge in [0, 0.05) is 34.3 Å². The number of non-ortho nitro benzene ring substituents is 1. The standard InChI is InChI=1S/C20H21N3O4S/c1-12-11-16(23(26)27)7-10-18(12)22-19(24)13(2)28-17-8-5-15(6-9-17)21-20(25)14-3-4-14/h5-11,13-14H,3-4H2,1-2H3,(H,21,25)(H,22,24). The number of hydrogen-bond donors (Lipinski definition) is 2. The molecule has 2 amide bonds. The Morgan fingerprint density at radius 3 is 2.39 bits per heavy atom. The van der Waals surface area contributed by atoms with Crippen LogP contribution in [0.3, 0.4) is 0 Å². The molecule has 0 heterocycles. The number of carbonyl (C=O) groups is 2. The van der Waals surface area contributed by atoms with E-state index >= 15 is 0 Å². The van der Waals surface area contributed by atoms with E-state index in [1.165, 1.54) is 23.9 Å². The molecule has 2 aromatic rings. The number of nitro benzene ring substituents is 1. The Bertz CT molecular complexity index is 910. The van der Waals surface area contributed by atoms with E-state index in [0.29, 0.717) is 11.3 Å². The molecule has 0 radical (unpaired) electrons. The van der Waals surface area contributed by atoms with Crippen LogP contribution in [0.25, 0.3) is 0 Å². The Balaban J connectivity index is 1.56. The maximum Gasteiger partial charge on any atom is 0.269 e. The van der Waals surface area contributed by atoms with Gasteiger partial charge in [0.05, 0.1) is 10.2 Å². The number of nitro groups is 1. The molecule has 8 heteroatoms. The minimum Gasteiger partial charge on any atom is -0.326 e. The Labute approximate surface area is 167 Å². The SMILES string of the molecule is Cc1cc([N+](=O)[O-])ccc1NC(=O)C(C)Sc1ccc(NC(=O)C2CC2)cc1. The molecule has 1 aliphatic carbocycles. The van der Waals surface area contributed by atoms with Crippen LogP contribution in [0.2, 0.25) is 0 Å². The number of benzene rings is 2. The first-order valence-electron chi connectivity index (χ1n) is 8.97. The van der Waals surface area contributed by atoms with Gasteiger partial charge >= 0.3 is 0 Å². The van der Waals surface area contributed by atoms with Crippen molar-refractivity contribution in [1.29, 1.82) is 0 Å². The van der Waals surface area contributed by atoms with Crippen molar-refractivity contribution in [3.05, 3.63) is 58.1 Å². The summed E-state index contributed by atoms with van der Waals surface area (Å²) in [5, 5.41) is 16.1. The van der Waals surface area contributed by atoms with E-state index in [9.17, 15) is 19.7 Å². The molecule has 146 valence electrons. The number of hydrogen-bond acceptors (Lipinski definition) is 5. The predicted octanol–water partition coefficient (Wildman–Crippen LogP) is 4.37. The highest BCUT2D eigenvalue weighted by Gasteiger charge is 2.29. The van der Waals surface area contributed by atoms with E-state index in [0.717, 1.165) is 23.4 Å². The maximum absolute atomic E-state index is 12.5. The van der Waals surface area contributed by atoms with Crippen LogP contribution >= 0.6 is 11.8 Å². The molecule has 7 nitrogen and oxygen atoms in total. The number of amides is 2. The van der Waals surface area contributed by atoms with Gasteiger partial charge in [0.1, 0.15) is 0 Å². The van der Waals surface area contributed by atoms with E-state index < -0.39 is 4.92 Å². The molecular weight excluding hydrogens is 378 g/mol. The topological polar surface area (TPSA) is 101 Å². The summed E-state index contributed by atoms with van der Waals surface area (Å²) in [7, 11) is 0. The van der Waals surface area contributed by atoms with Crippen LogP contribution in [-0.4, -0.2) is 22.0 Å². The number of aryl methyl sites for hydroxylation is 1. The van der Waals surface area contributed by atoms with Gasteiger partial charge in [-0.05, 0) is 62.6 Å². The molecule has 1 fully saturated rings. The first-order valence-corrected chi connectivity index (χ1v) is 9.85. The van der Waals surface area contributed by atoms with Crippen LogP contribution in [0.15, 0.2) is 47.4 Å². The van der Waals surface area contributed by atoms with Crippen LogP contribution in [-0.2, 0) is 9.59 Å². The van der Waals surface area contributed by atoms with E-state index in [1.54, 1.807) is 19.9 Å². The van der Waals surface area contributed by atoms with Crippen LogP contribution in [0.1, 0.15) is 25.3 Å². The lowest BCUT2D eigenvalue weighted by molar-refractivity contribution is -0.384. The summed E-state index contributed by atoms with van der Waals surface area (Å²) in [6.45, 7) is 3.51. The van der Waals surface area contributed by atoms with Gasteiger partial charge in [-0.2, -0.15) is 0 Å². The summed E-state index contributed by atoms with van der Waals surface area (Å²) in [5.74, 6) is 0.0281. The van der Waals surface area contributed by atoms with Crippen molar-refractivity contribution < 1.29 is 14.5 Å². The van der Waals surface area contributed by atoms with Crippen molar-refractivity contribution in [2.75, 3.05) is 10.6 Å². The fourth-order valence-electron chi connectivity index (χ4n) is 2.60. The van der Waals surface area contributed by atoms with Crippen molar-refractivity contribution in [2.45, 2.75) is 36.8 Å². The first-order chi connectivity index (χ1) is 13.3.